The Morgan fingerprint density at radius 3 is 3.07 bits per heavy atom. The first-order chi connectivity index (χ1) is 7.31. The van der Waals surface area contributed by atoms with Crippen molar-refractivity contribution in [3.63, 3.8) is 0 Å². The number of aliphatic hydroxyl groups excluding tert-OH is 1. The van der Waals surface area contributed by atoms with Crippen LogP contribution in [0.3, 0.4) is 0 Å². The highest BCUT2D eigenvalue weighted by Gasteiger charge is 2.04. The molecule has 0 aliphatic carbocycles. The molecule has 0 amide bonds. The summed E-state index contributed by atoms with van der Waals surface area (Å²) in [5.41, 5.74) is 2.27. The summed E-state index contributed by atoms with van der Waals surface area (Å²) in [5.74, 6) is 0.575. The summed E-state index contributed by atoms with van der Waals surface area (Å²) in [5, 5.41) is 16.6. The van der Waals surface area contributed by atoms with Gasteiger partial charge in [-0.3, -0.25) is 4.98 Å². The van der Waals surface area contributed by atoms with Gasteiger partial charge in [-0.05, 0) is 24.1 Å². The van der Waals surface area contributed by atoms with Gasteiger partial charge >= 0.3 is 0 Å². The second kappa shape index (κ2) is 4.18. The number of aliphatic hydroxyl groups is 1. The van der Waals surface area contributed by atoms with E-state index in [1.165, 1.54) is 0 Å². The minimum Gasteiger partial charge on any atom is -0.388 e. The molecule has 0 bridgehead atoms. The smallest absolute Gasteiger partial charge is 0.158 e. The molecule has 5 heteroatoms. The van der Waals surface area contributed by atoms with E-state index in [4.69, 9.17) is 5.11 Å². The zero-order chi connectivity index (χ0) is 10.7. The first-order valence-electron chi connectivity index (χ1n) is 4.68. The predicted octanol–water partition coefficient (Wildman–Crippen LogP) is 0.522. The van der Waals surface area contributed by atoms with Crippen LogP contribution in [0.15, 0.2) is 24.8 Å². The molecule has 0 unspecified atom stereocenters. The van der Waals surface area contributed by atoms with Crippen LogP contribution in [0.5, 0.6) is 0 Å². The van der Waals surface area contributed by atoms with E-state index in [1.54, 1.807) is 12.5 Å². The summed E-state index contributed by atoms with van der Waals surface area (Å²) in [6, 6.07) is 1.95. The molecule has 0 aliphatic heterocycles. The average molecular weight is 204 g/mol. The number of hydrogen-bond donors (Lipinski definition) is 1. The molecule has 2 heterocycles. The molecule has 0 aromatic carbocycles. The van der Waals surface area contributed by atoms with E-state index in [1.807, 2.05) is 23.8 Å². The molecular formula is C10H12N4O. The Balaban J connectivity index is 2.26. The number of rotatable bonds is 3. The second-order valence-corrected chi connectivity index (χ2v) is 3.34. The molecule has 0 saturated heterocycles. The Morgan fingerprint density at radius 1 is 1.47 bits per heavy atom. The fourth-order valence-electron chi connectivity index (χ4n) is 1.40. The van der Waals surface area contributed by atoms with Crippen molar-refractivity contribution in [1.29, 1.82) is 0 Å². The molecule has 15 heavy (non-hydrogen) atoms. The third-order valence-corrected chi connectivity index (χ3v) is 2.31. The normalized spacial score (nSPS) is 10.5. The van der Waals surface area contributed by atoms with Crippen LogP contribution in [0.2, 0.25) is 0 Å². The summed E-state index contributed by atoms with van der Waals surface area (Å²) in [4.78, 5) is 4.03. The number of pyridine rings is 1. The Hall–Kier alpha value is -1.75. The maximum absolute atomic E-state index is 9.02. The number of aryl methyl sites for hydroxylation is 1. The van der Waals surface area contributed by atoms with Crippen LogP contribution in [-0.4, -0.2) is 24.9 Å². The molecule has 78 valence electrons. The largest absolute Gasteiger partial charge is 0.388 e. The summed E-state index contributed by atoms with van der Waals surface area (Å²) in [6.07, 6.45) is 5.19. The van der Waals surface area contributed by atoms with E-state index in [0.29, 0.717) is 12.4 Å². The molecule has 0 spiro atoms. The zero-order valence-corrected chi connectivity index (χ0v) is 8.46. The lowest BCUT2D eigenvalue weighted by Crippen LogP contribution is -2.05. The van der Waals surface area contributed by atoms with Crippen molar-refractivity contribution in [3.05, 3.63) is 41.7 Å². The van der Waals surface area contributed by atoms with E-state index < -0.39 is 0 Å². The fraction of sp³-hybridized carbons (Fsp3) is 0.300. The maximum atomic E-state index is 9.02. The average Bonchev–Trinajstić information content (AvgIpc) is 2.69. The van der Waals surface area contributed by atoms with Gasteiger partial charge in [0.25, 0.3) is 0 Å². The van der Waals surface area contributed by atoms with Gasteiger partial charge in [-0.25, -0.2) is 0 Å². The van der Waals surface area contributed by atoms with Gasteiger partial charge in [-0.15, -0.1) is 10.2 Å². The van der Waals surface area contributed by atoms with E-state index in [9.17, 15) is 0 Å². The summed E-state index contributed by atoms with van der Waals surface area (Å²) in [7, 11) is 0. The summed E-state index contributed by atoms with van der Waals surface area (Å²) >= 11 is 0. The van der Waals surface area contributed by atoms with E-state index in [0.717, 1.165) is 11.1 Å². The molecule has 5 nitrogen and oxygen atoms in total. The lowest BCUT2D eigenvalue weighted by molar-refractivity contribution is 0.265. The Bertz CT molecular complexity index is 452. The lowest BCUT2D eigenvalue weighted by Gasteiger charge is -2.07. The van der Waals surface area contributed by atoms with Crippen LogP contribution >= 0.6 is 0 Å². The van der Waals surface area contributed by atoms with Crippen LogP contribution in [0.1, 0.15) is 17.0 Å². The first kappa shape index (κ1) is 9.79. The van der Waals surface area contributed by atoms with Gasteiger partial charge in [0.2, 0.25) is 0 Å². The van der Waals surface area contributed by atoms with Crippen molar-refractivity contribution >= 4 is 0 Å². The summed E-state index contributed by atoms with van der Waals surface area (Å²) < 4.78 is 1.82. The van der Waals surface area contributed by atoms with Crippen molar-refractivity contribution in [3.8, 4) is 0 Å². The minimum absolute atomic E-state index is 0.0931. The first-order valence-corrected chi connectivity index (χ1v) is 4.68. The quantitative estimate of drug-likeness (QED) is 0.791. The monoisotopic (exact) mass is 204 g/mol. The van der Waals surface area contributed by atoms with Crippen molar-refractivity contribution in [2.75, 3.05) is 0 Å². The summed E-state index contributed by atoms with van der Waals surface area (Å²) in [6.45, 7) is 2.58. The van der Waals surface area contributed by atoms with E-state index in [-0.39, 0.29) is 6.61 Å². The zero-order valence-electron chi connectivity index (χ0n) is 8.46. The number of hydrogen-bond acceptors (Lipinski definition) is 4. The van der Waals surface area contributed by atoms with Crippen LogP contribution in [-0.2, 0) is 13.2 Å². The third-order valence-electron chi connectivity index (χ3n) is 2.31. The van der Waals surface area contributed by atoms with Gasteiger partial charge in [0, 0.05) is 12.4 Å². The van der Waals surface area contributed by atoms with Gasteiger partial charge in [0.05, 0.1) is 6.54 Å². The Labute approximate surface area is 87.4 Å². The molecular weight excluding hydrogens is 192 g/mol. The van der Waals surface area contributed by atoms with Crippen molar-refractivity contribution in [1.82, 2.24) is 19.7 Å². The van der Waals surface area contributed by atoms with Gasteiger partial charge in [0.15, 0.2) is 5.82 Å². The standard InChI is InChI=1S/C10H12N4O/c1-8-4-11-3-2-9(8)5-14-7-12-13-10(14)6-15/h2-4,7,15H,5-6H2,1H3. The molecule has 1 N–H and O–H groups in total. The van der Waals surface area contributed by atoms with Crippen LogP contribution in [0, 0.1) is 6.92 Å². The maximum Gasteiger partial charge on any atom is 0.158 e. The number of nitrogens with zero attached hydrogens (tertiary/aromatic N) is 4. The highest BCUT2D eigenvalue weighted by molar-refractivity contribution is 5.21. The lowest BCUT2D eigenvalue weighted by atomic mass is 10.1. The highest BCUT2D eigenvalue weighted by Crippen LogP contribution is 2.08. The minimum atomic E-state index is -0.0931. The molecule has 0 fully saturated rings. The topological polar surface area (TPSA) is 63.8 Å². The molecule has 2 aromatic rings. The second-order valence-electron chi connectivity index (χ2n) is 3.34. The number of aromatic nitrogens is 4. The van der Waals surface area contributed by atoms with Crippen molar-refractivity contribution in [2.45, 2.75) is 20.1 Å². The van der Waals surface area contributed by atoms with Crippen LogP contribution in [0.4, 0.5) is 0 Å². The van der Waals surface area contributed by atoms with E-state index >= 15 is 0 Å². The molecule has 0 radical (unpaired) electrons. The molecule has 2 aromatic heterocycles. The van der Waals surface area contributed by atoms with Gasteiger partial charge < -0.3 is 9.67 Å². The Morgan fingerprint density at radius 2 is 2.33 bits per heavy atom. The van der Waals surface area contributed by atoms with Gasteiger partial charge in [0.1, 0.15) is 12.9 Å². The van der Waals surface area contributed by atoms with E-state index in [2.05, 4.69) is 15.2 Å². The van der Waals surface area contributed by atoms with Crippen LogP contribution in [0.25, 0.3) is 0 Å². The van der Waals surface area contributed by atoms with Crippen molar-refractivity contribution in [2.24, 2.45) is 0 Å². The SMILES string of the molecule is Cc1cnccc1Cn1cnnc1CO. The van der Waals surface area contributed by atoms with Crippen LogP contribution < -0.4 is 0 Å². The third kappa shape index (κ3) is 2.02. The Kier molecular flexibility index (Phi) is 2.73. The molecule has 0 saturated carbocycles. The molecule has 2 rings (SSSR count). The molecule has 0 aliphatic rings. The molecule has 0 atom stereocenters. The van der Waals surface area contributed by atoms with Crippen molar-refractivity contribution < 1.29 is 5.11 Å². The van der Waals surface area contributed by atoms with Gasteiger partial charge in [-0.2, -0.15) is 0 Å². The highest BCUT2D eigenvalue weighted by atomic mass is 16.3. The fourth-order valence-corrected chi connectivity index (χ4v) is 1.40. The predicted molar refractivity (Wildman–Crippen MR) is 54.0 cm³/mol. The van der Waals surface area contributed by atoms with Gasteiger partial charge in [-0.1, -0.05) is 0 Å².